The first kappa shape index (κ1) is 13.8. The Morgan fingerprint density at radius 2 is 1.83 bits per heavy atom. The summed E-state index contributed by atoms with van der Waals surface area (Å²) in [6, 6.07) is 0. The first-order valence-corrected chi connectivity index (χ1v) is 6.10. The smallest absolute Gasteiger partial charge is 0.165 e. The molecule has 0 radical (unpaired) electrons. The maximum Gasteiger partial charge on any atom is 0.165 e. The van der Waals surface area contributed by atoms with Crippen molar-refractivity contribution in [1.29, 1.82) is 0 Å². The Labute approximate surface area is 107 Å². The predicted octanol–water partition coefficient (Wildman–Crippen LogP) is 0.654. The molecule has 0 unspecified atom stereocenters. The summed E-state index contributed by atoms with van der Waals surface area (Å²) >= 11 is 0. The quantitative estimate of drug-likeness (QED) is 0.698. The molecule has 5 nitrogen and oxygen atoms in total. The topological polar surface area (TPSA) is 57.2 Å². The summed E-state index contributed by atoms with van der Waals surface area (Å²) in [6.07, 6.45) is -0.921. The van der Waals surface area contributed by atoms with Crippen LogP contribution in [-0.2, 0) is 18.9 Å². The third kappa shape index (κ3) is 3.02. The third-order valence-electron chi connectivity index (χ3n) is 2.85. The lowest BCUT2D eigenvalue weighted by Crippen LogP contribution is -2.37. The van der Waals surface area contributed by atoms with E-state index in [1.165, 1.54) is 0 Å². The van der Waals surface area contributed by atoms with Gasteiger partial charge in [-0.25, -0.2) is 0 Å². The van der Waals surface area contributed by atoms with Crippen molar-refractivity contribution >= 4 is 0 Å². The van der Waals surface area contributed by atoms with Crippen molar-refractivity contribution in [3.8, 4) is 11.8 Å². The van der Waals surface area contributed by atoms with E-state index in [-0.39, 0.29) is 18.8 Å². The summed E-state index contributed by atoms with van der Waals surface area (Å²) in [7, 11) is 0. The Kier molecular flexibility index (Phi) is 3.67. The van der Waals surface area contributed by atoms with E-state index in [4.69, 9.17) is 24.1 Å². The van der Waals surface area contributed by atoms with Gasteiger partial charge >= 0.3 is 0 Å². The number of ether oxygens (including phenoxy) is 4. The van der Waals surface area contributed by atoms with E-state index in [1.807, 2.05) is 27.7 Å². The minimum absolute atomic E-state index is 0.194. The number of rotatable bonds is 1. The molecule has 5 heteroatoms. The molecule has 2 heterocycles. The van der Waals surface area contributed by atoms with Crippen molar-refractivity contribution in [2.24, 2.45) is 0 Å². The summed E-state index contributed by atoms with van der Waals surface area (Å²) in [4.78, 5) is 0. The van der Waals surface area contributed by atoms with Crippen LogP contribution in [-0.4, -0.2) is 48.2 Å². The average Bonchev–Trinajstić information content (AvgIpc) is 2.75. The van der Waals surface area contributed by atoms with Crippen LogP contribution >= 0.6 is 0 Å². The van der Waals surface area contributed by atoms with Gasteiger partial charge in [-0.05, 0) is 27.7 Å². The lowest BCUT2D eigenvalue weighted by molar-refractivity contribution is -0.174. The van der Waals surface area contributed by atoms with Crippen LogP contribution in [0.25, 0.3) is 0 Å². The molecule has 0 amide bonds. The molecule has 0 saturated carbocycles. The summed E-state index contributed by atoms with van der Waals surface area (Å²) in [5, 5.41) is 8.77. The minimum Gasteiger partial charge on any atom is -0.384 e. The fraction of sp³-hybridized carbons (Fsp3) is 0.846. The van der Waals surface area contributed by atoms with Crippen molar-refractivity contribution < 1.29 is 24.1 Å². The molecule has 2 aliphatic heterocycles. The van der Waals surface area contributed by atoms with Gasteiger partial charge in [0.1, 0.15) is 18.8 Å². The molecular weight excluding hydrogens is 236 g/mol. The maximum absolute atomic E-state index is 8.77. The van der Waals surface area contributed by atoms with Crippen molar-refractivity contribution in [2.75, 3.05) is 13.2 Å². The molecule has 18 heavy (non-hydrogen) atoms. The number of hydrogen-bond donors (Lipinski definition) is 1. The highest BCUT2D eigenvalue weighted by Crippen LogP contribution is 2.35. The molecule has 3 atom stereocenters. The summed E-state index contributed by atoms with van der Waals surface area (Å²) in [6.45, 7) is 7.66. The lowest BCUT2D eigenvalue weighted by Gasteiger charge is -2.22. The second-order valence-corrected chi connectivity index (χ2v) is 5.37. The summed E-state index contributed by atoms with van der Waals surface area (Å²) in [5.41, 5.74) is 0. The Bertz CT molecular complexity index is 365. The van der Waals surface area contributed by atoms with Gasteiger partial charge in [-0.2, -0.15) is 0 Å². The zero-order valence-electron chi connectivity index (χ0n) is 11.2. The molecule has 0 aromatic rings. The number of aliphatic hydroxyl groups excluding tert-OH is 1. The predicted molar refractivity (Wildman–Crippen MR) is 63.6 cm³/mol. The Morgan fingerprint density at radius 3 is 2.39 bits per heavy atom. The van der Waals surface area contributed by atoms with Gasteiger partial charge in [0.25, 0.3) is 0 Å². The van der Waals surface area contributed by atoms with Crippen molar-refractivity contribution in [3.63, 3.8) is 0 Å². The van der Waals surface area contributed by atoms with Gasteiger partial charge in [-0.3, -0.25) is 0 Å². The highest BCUT2D eigenvalue weighted by molar-refractivity contribution is 5.12. The molecule has 2 fully saturated rings. The van der Waals surface area contributed by atoms with Crippen LogP contribution in [0.4, 0.5) is 0 Å². The van der Waals surface area contributed by atoms with Crippen molar-refractivity contribution in [2.45, 2.75) is 57.6 Å². The van der Waals surface area contributed by atoms with Crippen LogP contribution in [0.2, 0.25) is 0 Å². The van der Waals surface area contributed by atoms with Gasteiger partial charge in [0.2, 0.25) is 0 Å². The molecule has 0 aromatic heterocycles. The molecule has 0 bridgehead atoms. The molecule has 2 aliphatic rings. The summed E-state index contributed by atoms with van der Waals surface area (Å²) < 4.78 is 22.8. The van der Waals surface area contributed by atoms with E-state index in [9.17, 15) is 0 Å². The molecule has 2 saturated heterocycles. The second-order valence-electron chi connectivity index (χ2n) is 5.37. The van der Waals surface area contributed by atoms with Crippen LogP contribution in [0.15, 0.2) is 0 Å². The van der Waals surface area contributed by atoms with Crippen LogP contribution in [0.1, 0.15) is 27.7 Å². The first-order valence-electron chi connectivity index (χ1n) is 6.10. The molecular formula is C13H20O5. The van der Waals surface area contributed by atoms with E-state index in [2.05, 4.69) is 11.8 Å². The van der Waals surface area contributed by atoms with Crippen molar-refractivity contribution in [3.05, 3.63) is 0 Å². The van der Waals surface area contributed by atoms with E-state index < -0.39 is 17.7 Å². The van der Waals surface area contributed by atoms with Crippen LogP contribution in [0, 0.1) is 11.8 Å². The van der Waals surface area contributed by atoms with Gasteiger partial charge in [-0.1, -0.05) is 11.8 Å². The van der Waals surface area contributed by atoms with Crippen LogP contribution < -0.4 is 0 Å². The van der Waals surface area contributed by atoms with E-state index in [0.29, 0.717) is 6.61 Å². The normalized spacial score (nSPS) is 37.3. The third-order valence-corrected chi connectivity index (χ3v) is 2.85. The lowest BCUT2D eigenvalue weighted by atomic mass is 10.1. The summed E-state index contributed by atoms with van der Waals surface area (Å²) in [5.74, 6) is 4.16. The van der Waals surface area contributed by atoms with Gasteiger partial charge in [0.05, 0.1) is 6.61 Å². The highest BCUT2D eigenvalue weighted by atomic mass is 16.8. The molecule has 0 aliphatic carbocycles. The van der Waals surface area contributed by atoms with Crippen molar-refractivity contribution in [1.82, 2.24) is 0 Å². The highest BCUT2D eigenvalue weighted by Gasteiger charge is 2.49. The molecule has 1 N–H and O–H groups in total. The van der Waals surface area contributed by atoms with Gasteiger partial charge in [-0.15, -0.1) is 0 Å². The zero-order chi connectivity index (χ0) is 13.4. The second kappa shape index (κ2) is 4.80. The monoisotopic (exact) mass is 256 g/mol. The molecule has 0 aromatic carbocycles. The van der Waals surface area contributed by atoms with E-state index in [1.54, 1.807) is 0 Å². The van der Waals surface area contributed by atoms with Gasteiger partial charge in [0, 0.05) is 0 Å². The first-order chi connectivity index (χ1) is 8.33. The van der Waals surface area contributed by atoms with E-state index in [0.717, 1.165) is 0 Å². The fourth-order valence-corrected chi connectivity index (χ4v) is 2.20. The Morgan fingerprint density at radius 1 is 1.11 bits per heavy atom. The van der Waals surface area contributed by atoms with Crippen LogP contribution in [0.3, 0.4) is 0 Å². The van der Waals surface area contributed by atoms with Gasteiger partial charge in [0.15, 0.2) is 17.7 Å². The van der Waals surface area contributed by atoms with Gasteiger partial charge < -0.3 is 24.1 Å². The minimum atomic E-state index is -0.699. The zero-order valence-corrected chi connectivity index (χ0v) is 11.2. The standard InChI is InChI=1S/C13H20O5/c1-12(2)15-8-10(17-12)11-9(6-5-7-14)16-13(3,4)18-11/h9-11,14H,7-8H2,1-4H3/t9-,10-,11+/m1/s1. The van der Waals surface area contributed by atoms with Crippen LogP contribution in [0.5, 0.6) is 0 Å². The Balaban J connectivity index is 2.10. The number of hydrogen-bond acceptors (Lipinski definition) is 5. The largest absolute Gasteiger partial charge is 0.384 e. The molecule has 2 rings (SSSR count). The molecule has 0 spiro atoms. The fourth-order valence-electron chi connectivity index (χ4n) is 2.20. The Hall–Kier alpha value is -0.640. The average molecular weight is 256 g/mol. The number of aliphatic hydroxyl groups is 1. The van der Waals surface area contributed by atoms with E-state index >= 15 is 0 Å². The maximum atomic E-state index is 8.77. The molecule has 102 valence electrons. The SMILES string of the molecule is CC1(C)O[C@H]([C@H]2COC(C)(C)O2)[C@@H](C#CCO)O1.